The van der Waals surface area contributed by atoms with E-state index in [2.05, 4.69) is 15.0 Å². The Morgan fingerprint density at radius 3 is 2.83 bits per heavy atom. The van der Waals surface area contributed by atoms with Crippen LogP contribution in [0, 0.1) is 0 Å². The molecule has 2 rings (SSSR count). The van der Waals surface area contributed by atoms with Crippen molar-refractivity contribution in [2.24, 2.45) is 0 Å². The van der Waals surface area contributed by atoms with Gasteiger partial charge in [-0.2, -0.15) is 5.10 Å². The highest BCUT2D eigenvalue weighted by atomic mass is 16.5. The molecule has 2 heterocycles. The van der Waals surface area contributed by atoms with Crippen molar-refractivity contribution >= 4 is 0 Å². The smallest absolute Gasteiger partial charge is 0.137 e. The first-order valence-corrected chi connectivity index (χ1v) is 6.62. The lowest BCUT2D eigenvalue weighted by Crippen LogP contribution is -2.40. The van der Waals surface area contributed by atoms with Gasteiger partial charge in [0.25, 0.3) is 0 Å². The maximum Gasteiger partial charge on any atom is 0.137 e. The van der Waals surface area contributed by atoms with Gasteiger partial charge < -0.3 is 14.7 Å². The average molecular weight is 254 g/mol. The molecule has 1 aromatic heterocycles. The first kappa shape index (κ1) is 13.5. The molecule has 0 amide bonds. The fourth-order valence-corrected chi connectivity index (χ4v) is 2.38. The van der Waals surface area contributed by atoms with Crippen molar-refractivity contribution in [3.05, 3.63) is 12.7 Å². The molecular formula is C12H22N4O2. The van der Waals surface area contributed by atoms with Crippen LogP contribution in [-0.2, 0) is 4.74 Å². The molecule has 1 fully saturated rings. The molecule has 1 unspecified atom stereocenters. The van der Waals surface area contributed by atoms with Gasteiger partial charge in [-0.05, 0) is 19.8 Å². The third-order valence-corrected chi connectivity index (χ3v) is 3.35. The zero-order valence-corrected chi connectivity index (χ0v) is 10.9. The van der Waals surface area contributed by atoms with Gasteiger partial charge in [0.1, 0.15) is 12.7 Å². The molecule has 102 valence electrons. The van der Waals surface area contributed by atoms with Crippen molar-refractivity contribution in [2.75, 3.05) is 32.8 Å². The molecule has 6 nitrogen and oxygen atoms in total. The topological polar surface area (TPSA) is 63.4 Å². The molecule has 1 N–H and O–H groups in total. The number of likely N-dealkylation sites (tertiary alicyclic amines) is 1. The molecule has 0 aliphatic carbocycles. The van der Waals surface area contributed by atoms with E-state index in [1.54, 1.807) is 12.7 Å². The van der Waals surface area contributed by atoms with Gasteiger partial charge in [0.15, 0.2) is 0 Å². The summed E-state index contributed by atoms with van der Waals surface area (Å²) in [5.74, 6) is 0. The lowest BCUT2D eigenvalue weighted by atomic mass is 10.1. The Kier molecular flexibility index (Phi) is 5.10. The van der Waals surface area contributed by atoms with E-state index < -0.39 is 0 Å². The van der Waals surface area contributed by atoms with Gasteiger partial charge in [0.05, 0.1) is 18.8 Å². The molecule has 1 aromatic rings. The fourth-order valence-electron chi connectivity index (χ4n) is 2.38. The van der Waals surface area contributed by atoms with Gasteiger partial charge in [0.2, 0.25) is 0 Å². The van der Waals surface area contributed by atoms with Crippen LogP contribution in [0.5, 0.6) is 0 Å². The Labute approximate surface area is 108 Å². The third kappa shape index (κ3) is 3.76. The predicted octanol–water partition coefficient (Wildman–Crippen LogP) is 0.312. The van der Waals surface area contributed by atoms with Crippen LogP contribution < -0.4 is 0 Å². The number of β-amino-alcohol motifs (C(OH)–C–C–N with tert-alkyl or cyclic N) is 1. The predicted molar refractivity (Wildman–Crippen MR) is 67.2 cm³/mol. The molecule has 0 bridgehead atoms. The van der Waals surface area contributed by atoms with Gasteiger partial charge in [0, 0.05) is 26.2 Å². The Morgan fingerprint density at radius 2 is 2.22 bits per heavy atom. The maximum absolute atomic E-state index is 9.79. The number of aliphatic hydroxyl groups excluding tert-OH is 1. The van der Waals surface area contributed by atoms with E-state index in [4.69, 9.17) is 4.74 Å². The number of rotatable bonds is 6. The van der Waals surface area contributed by atoms with E-state index in [1.807, 2.05) is 11.6 Å². The molecular weight excluding hydrogens is 232 g/mol. The summed E-state index contributed by atoms with van der Waals surface area (Å²) in [6.07, 6.45) is 5.10. The Hall–Kier alpha value is -0.980. The van der Waals surface area contributed by atoms with Crippen LogP contribution in [0.3, 0.4) is 0 Å². The highest BCUT2D eigenvalue weighted by Crippen LogP contribution is 2.20. The zero-order valence-electron chi connectivity index (χ0n) is 10.9. The monoisotopic (exact) mass is 254 g/mol. The average Bonchev–Trinajstić information content (AvgIpc) is 2.91. The second kappa shape index (κ2) is 6.82. The number of hydrogen-bond donors (Lipinski definition) is 1. The van der Waals surface area contributed by atoms with Crippen molar-refractivity contribution in [1.29, 1.82) is 0 Å². The van der Waals surface area contributed by atoms with Crippen LogP contribution in [0.1, 0.15) is 25.8 Å². The van der Waals surface area contributed by atoms with Gasteiger partial charge in [-0.25, -0.2) is 9.67 Å². The molecule has 1 saturated heterocycles. The van der Waals surface area contributed by atoms with E-state index in [0.717, 1.165) is 25.9 Å². The first-order valence-electron chi connectivity index (χ1n) is 6.62. The summed E-state index contributed by atoms with van der Waals surface area (Å²) in [6.45, 7) is 5.72. The number of aliphatic hydroxyl groups is 1. The number of ether oxygens (including phenoxy) is 1. The van der Waals surface area contributed by atoms with Gasteiger partial charge in [-0.1, -0.05) is 0 Å². The summed E-state index contributed by atoms with van der Waals surface area (Å²) >= 11 is 0. The summed E-state index contributed by atoms with van der Waals surface area (Å²) in [5.41, 5.74) is 0. The van der Waals surface area contributed by atoms with Gasteiger partial charge in [-0.15, -0.1) is 0 Å². The van der Waals surface area contributed by atoms with Crippen molar-refractivity contribution < 1.29 is 9.84 Å². The van der Waals surface area contributed by atoms with Crippen LogP contribution in [0.2, 0.25) is 0 Å². The van der Waals surface area contributed by atoms with E-state index >= 15 is 0 Å². The Bertz CT molecular complexity index is 323. The van der Waals surface area contributed by atoms with Crippen molar-refractivity contribution in [2.45, 2.75) is 31.9 Å². The summed E-state index contributed by atoms with van der Waals surface area (Å²) in [5, 5.41) is 14.0. The second-order valence-corrected chi connectivity index (χ2v) is 4.72. The Morgan fingerprint density at radius 1 is 1.44 bits per heavy atom. The van der Waals surface area contributed by atoms with Crippen LogP contribution in [0.25, 0.3) is 0 Å². The number of hydrogen-bond acceptors (Lipinski definition) is 5. The highest BCUT2D eigenvalue weighted by molar-refractivity contribution is 4.78. The standard InChI is InChI=1S/C12H22N4O2/c1-2-18-8-12(17)7-15-5-3-11(4-6-15)16-10-13-9-14-16/h9-12,17H,2-8H2,1H3. The lowest BCUT2D eigenvalue weighted by Gasteiger charge is -2.32. The summed E-state index contributed by atoms with van der Waals surface area (Å²) in [6, 6.07) is 0.452. The normalized spacial score (nSPS) is 20.1. The maximum atomic E-state index is 9.79. The largest absolute Gasteiger partial charge is 0.389 e. The SMILES string of the molecule is CCOCC(O)CN1CCC(n2cncn2)CC1. The number of aromatic nitrogens is 3. The van der Waals surface area contributed by atoms with Crippen LogP contribution >= 0.6 is 0 Å². The summed E-state index contributed by atoms with van der Waals surface area (Å²) in [7, 11) is 0. The molecule has 1 aliphatic rings. The molecule has 0 aromatic carbocycles. The van der Waals surface area contributed by atoms with Crippen molar-refractivity contribution in [1.82, 2.24) is 19.7 Å². The van der Waals surface area contributed by atoms with E-state index in [1.165, 1.54) is 0 Å². The molecule has 0 saturated carbocycles. The van der Waals surface area contributed by atoms with Crippen molar-refractivity contribution in [3.63, 3.8) is 0 Å². The third-order valence-electron chi connectivity index (χ3n) is 3.35. The molecule has 1 atom stereocenters. The molecule has 6 heteroatoms. The number of piperidine rings is 1. The van der Waals surface area contributed by atoms with E-state index in [0.29, 0.717) is 25.8 Å². The van der Waals surface area contributed by atoms with Crippen LogP contribution in [-0.4, -0.2) is 63.7 Å². The zero-order chi connectivity index (χ0) is 12.8. The quantitative estimate of drug-likeness (QED) is 0.791. The second-order valence-electron chi connectivity index (χ2n) is 4.72. The Balaban J connectivity index is 1.70. The highest BCUT2D eigenvalue weighted by Gasteiger charge is 2.22. The fraction of sp³-hybridized carbons (Fsp3) is 0.833. The van der Waals surface area contributed by atoms with Gasteiger partial charge >= 0.3 is 0 Å². The van der Waals surface area contributed by atoms with Gasteiger partial charge in [-0.3, -0.25) is 0 Å². The minimum Gasteiger partial charge on any atom is -0.389 e. The summed E-state index contributed by atoms with van der Waals surface area (Å²) in [4.78, 5) is 6.27. The minimum absolute atomic E-state index is 0.382. The molecule has 1 aliphatic heterocycles. The molecule has 18 heavy (non-hydrogen) atoms. The van der Waals surface area contributed by atoms with Crippen molar-refractivity contribution in [3.8, 4) is 0 Å². The number of nitrogens with zero attached hydrogens (tertiary/aromatic N) is 4. The lowest BCUT2D eigenvalue weighted by molar-refractivity contribution is 0.0147. The molecule has 0 radical (unpaired) electrons. The van der Waals surface area contributed by atoms with Crippen LogP contribution in [0.15, 0.2) is 12.7 Å². The summed E-state index contributed by atoms with van der Waals surface area (Å²) < 4.78 is 7.16. The first-order chi connectivity index (χ1) is 8.79. The molecule has 0 spiro atoms. The minimum atomic E-state index is -0.382. The van der Waals surface area contributed by atoms with E-state index in [9.17, 15) is 5.11 Å². The van der Waals surface area contributed by atoms with Crippen LogP contribution in [0.4, 0.5) is 0 Å². The van der Waals surface area contributed by atoms with E-state index in [-0.39, 0.29) is 6.10 Å².